The van der Waals surface area contributed by atoms with Crippen LogP contribution >= 0.6 is 27.3 Å². The first-order valence-corrected chi connectivity index (χ1v) is 12.9. The minimum absolute atomic E-state index is 0.167. The Kier molecular flexibility index (Phi) is 8.55. The van der Waals surface area contributed by atoms with Crippen molar-refractivity contribution >= 4 is 44.1 Å². The highest BCUT2D eigenvalue weighted by Crippen LogP contribution is 2.37. The summed E-state index contributed by atoms with van der Waals surface area (Å²) in [5, 5.41) is 5.19. The van der Waals surface area contributed by atoms with Crippen LogP contribution in [0.2, 0.25) is 0 Å². The van der Waals surface area contributed by atoms with E-state index in [0.29, 0.717) is 16.3 Å². The standard InChI is InChI=1S/C27H30BrNO4S/c1-7-32-27(31)25-21(19-9-8-16(4)17(5)10-19)14-34-26(25)29-24(30)13-33-23-11-18(6)22(28)12-20(23)15(2)3/h8-12,14-15H,7,13H2,1-6H3,(H,29,30). The Hall–Kier alpha value is -2.64. The highest BCUT2D eigenvalue weighted by molar-refractivity contribution is 9.10. The van der Waals surface area contributed by atoms with Gasteiger partial charge in [-0.1, -0.05) is 48.0 Å². The lowest BCUT2D eigenvalue weighted by Gasteiger charge is -2.16. The Bertz CT molecular complexity index is 1220. The van der Waals surface area contributed by atoms with E-state index in [1.54, 1.807) is 6.92 Å². The molecule has 0 fully saturated rings. The van der Waals surface area contributed by atoms with Gasteiger partial charge in [-0.05, 0) is 73.6 Å². The van der Waals surface area contributed by atoms with Crippen LogP contribution in [-0.4, -0.2) is 25.1 Å². The second-order valence-corrected chi connectivity index (χ2v) is 10.2. The molecule has 0 radical (unpaired) electrons. The zero-order valence-electron chi connectivity index (χ0n) is 20.4. The van der Waals surface area contributed by atoms with Crippen LogP contribution in [0.3, 0.4) is 0 Å². The van der Waals surface area contributed by atoms with E-state index < -0.39 is 5.97 Å². The number of halogens is 1. The molecule has 7 heteroatoms. The molecule has 0 aliphatic heterocycles. The maximum absolute atomic E-state index is 12.8. The first kappa shape index (κ1) is 26.0. The third-order valence-electron chi connectivity index (χ3n) is 5.61. The van der Waals surface area contributed by atoms with Gasteiger partial charge >= 0.3 is 5.97 Å². The van der Waals surface area contributed by atoms with Crippen molar-refractivity contribution in [2.24, 2.45) is 0 Å². The van der Waals surface area contributed by atoms with Crippen molar-refractivity contribution < 1.29 is 19.1 Å². The number of hydrogen-bond donors (Lipinski definition) is 1. The Morgan fingerprint density at radius 1 is 1.06 bits per heavy atom. The number of aryl methyl sites for hydroxylation is 3. The van der Waals surface area contributed by atoms with Crippen LogP contribution in [0.5, 0.6) is 5.75 Å². The van der Waals surface area contributed by atoms with Gasteiger partial charge in [0.15, 0.2) is 6.61 Å². The molecule has 0 atom stereocenters. The molecule has 3 aromatic rings. The molecule has 1 aromatic heterocycles. The molecule has 0 aliphatic carbocycles. The van der Waals surface area contributed by atoms with Crippen LogP contribution in [0.1, 0.15) is 59.3 Å². The monoisotopic (exact) mass is 543 g/mol. The molecule has 0 saturated carbocycles. The molecule has 0 bridgehead atoms. The van der Waals surface area contributed by atoms with Crippen LogP contribution in [0, 0.1) is 20.8 Å². The summed E-state index contributed by atoms with van der Waals surface area (Å²) in [6.07, 6.45) is 0. The summed E-state index contributed by atoms with van der Waals surface area (Å²) >= 11 is 4.86. The highest BCUT2D eigenvalue weighted by Gasteiger charge is 2.23. The van der Waals surface area contributed by atoms with Crippen molar-refractivity contribution in [3.63, 3.8) is 0 Å². The maximum Gasteiger partial charge on any atom is 0.341 e. The lowest BCUT2D eigenvalue weighted by molar-refractivity contribution is -0.118. The fourth-order valence-corrected chi connectivity index (χ4v) is 4.86. The topological polar surface area (TPSA) is 64.6 Å². The average molecular weight is 545 g/mol. The van der Waals surface area contributed by atoms with Crippen LogP contribution in [-0.2, 0) is 9.53 Å². The van der Waals surface area contributed by atoms with Gasteiger partial charge in [0.2, 0.25) is 0 Å². The summed E-state index contributed by atoms with van der Waals surface area (Å²) in [6, 6.07) is 10.0. The summed E-state index contributed by atoms with van der Waals surface area (Å²) in [5.41, 5.74) is 6.37. The molecule has 1 heterocycles. The smallest absolute Gasteiger partial charge is 0.341 e. The van der Waals surface area contributed by atoms with E-state index in [4.69, 9.17) is 9.47 Å². The number of benzene rings is 2. The lowest BCUT2D eigenvalue weighted by Crippen LogP contribution is -2.21. The zero-order chi connectivity index (χ0) is 25.0. The Morgan fingerprint density at radius 2 is 1.79 bits per heavy atom. The molecule has 0 aliphatic rings. The predicted octanol–water partition coefficient (Wildman–Crippen LogP) is 7.42. The number of anilines is 1. The number of ether oxygens (including phenoxy) is 2. The minimum atomic E-state index is -0.459. The number of nitrogens with one attached hydrogen (secondary N) is 1. The van der Waals surface area contributed by atoms with Gasteiger partial charge < -0.3 is 14.8 Å². The van der Waals surface area contributed by atoms with Gasteiger partial charge in [-0.15, -0.1) is 11.3 Å². The van der Waals surface area contributed by atoms with Crippen molar-refractivity contribution in [1.29, 1.82) is 0 Å². The third-order valence-corrected chi connectivity index (χ3v) is 7.36. The molecule has 180 valence electrons. The Morgan fingerprint density at radius 3 is 2.44 bits per heavy atom. The van der Waals surface area contributed by atoms with Gasteiger partial charge in [-0.2, -0.15) is 0 Å². The molecule has 3 rings (SSSR count). The van der Waals surface area contributed by atoms with Crippen molar-refractivity contribution in [2.45, 2.75) is 47.5 Å². The van der Waals surface area contributed by atoms with E-state index in [9.17, 15) is 9.59 Å². The van der Waals surface area contributed by atoms with Crippen LogP contribution < -0.4 is 10.1 Å². The summed E-state index contributed by atoms with van der Waals surface area (Å²) in [5.74, 6) is 0.120. The van der Waals surface area contributed by atoms with Gasteiger partial charge in [0, 0.05) is 15.4 Å². The first-order valence-electron chi connectivity index (χ1n) is 11.2. The summed E-state index contributed by atoms with van der Waals surface area (Å²) in [6.45, 7) is 12.1. The van der Waals surface area contributed by atoms with Gasteiger partial charge in [-0.25, -0.2) is 4.79 Å². The molecular formula is C27H30BrNO4S. The molecule has 34 heavy (non-hydrogen) atoms. The molecule has 0 unspecified atom stereocenters. The number of carbonyl (C=O) groups excluding carboxylic acids is 2. The number of hydrogen-bond acceptors (Lipinski definition) is 5. The van der Waals surface area contributed by atoms with Crippen molar-refractivity contribution in [3.8, 4) is 16.9 Å². The van der Waals surface area contributed by atoms with E-state index in [0.717, 1.165) is 32.3 Å². The van der Waals surface area contributed by atoms with Crippen LogP contribution in [0.4, 0.5) is 5.00 Å². The number of carbonyl (C=O) groups is 2. The molecule has 1 N–H and O–H groups in total. The van der Waals surface area contributed by atoms with E-state index >= 15 is 0 Å². The Labute approximate surface area is 213 Å². The molecule has 2 aromatic carbocycles. The summed E-state index contributed by atoms with van der Waals surface area (Å²) in [4.78, 5) is 25.6. The molecule has 1 amide bonds. The van der Waals surface area contributed by atoms with Crippen molar-refractivity contribution in [3.05, 3.63) is 68.0 Å². The number of rotatable bonds is 8. The average Bonchev–Trinajstić information content (AvgIpc) is 3.19. The number of thiophene rings is 1. The first-order chi connectivity index (χ1) is 16.1. The van der Waals surface area contributed by atoms with E-state index in [1.807, 2.05) is 56.5 Å². The summed E-state index contributed by atoms with van der Waals surface area (Å²) in [7, 11) is 0. The Balaban J connectivity index is 1.84. The third kappa shape index (κ3) is 5.88. The van der Waals surface area contributed by atoms with Gasteiger partial charge in [0.25, 0.3) is 5.91 Å². The SMILES string of the molecule is CCOC(=O)c1c(-c2ccc(C)c(C)c2)csc1NC(=O)COc1cc(C)c(Br)cc1C(C)C. The highest BCUT2D eigenvalue weighted by atomic mass is 79.9. The number of esters is 1. The molecular weight excluding hydrogens is 514 g/mol. The molecule has 0 spiro atoms. The minimum Gasteiger partial charge on any atom is -0.483 e. The quantitative estimate of drug-likeness (QED) is 0.300. The molecule has 5 nitrogen and oxygen atoms in total. The largest absolute Gasteiger partial charge is 0.483 e. The normalized spacial score (nSPS) is 10.9. The molecule has 0 saturated heterocycles. The van der Waals surface area contributed by atoms with E-state index in [2.05, 4.69) is 35.1 Å². The maximum atomic E-state index is 12.8. The van der Waals surface area contributed by atoms with Crippen LogP contribution in [0.25, 0.3) is 11.1 Å². The fraction of sp³-hybridized carbons (Fsp3) is 0.333. The van der Waals surface area contributed by atoms with Crippen molar-refractivity contribution in [1.82, 2.24) is 0 Å². The zero-order valence-corrected chi connectivity index (χ0v) is 22.8. The van der Waals surface area contributed by atoms with Gasteiger partial charge in [0.05, 0.1) is 6.61 Å². The van der Waals surface area contributed by atoms with E-state index in [1.165, 1.54) is 16.9 Å². The fourth-order valence-electron chi connectivity index (χ4n) is 3.53. The number of amides is 1. The lowest BCUT2D eigenvalue weighted by atomic mass is 9.99. The van der Waals surface area contributed by atoms with Crippen molar-refractivity contribution in [2.75, 3.05) is 18.5 Å². The van der Waals surface area contributed by atoms with Gasteiger partial charge in [-0.3, -0.25) is 4.79 Å². The second kappa shape index (κ2) is 11.2. The van der Waals surface area contributed by atoms with E-state index in [-0.39, 0.29) is 25.0 Å². The van der Waals surface area contributed by atoms with Crippen LogP contribution in [0.15, 0.2) is 40.2 Å². The predicted molar refractivity (Wildman–Crippen MR) is 142 cm³/mol. The van der Waals surface area contributed by atoms with Gasteiger partial charge in [0.1, 0.15) is 16.3 Å². The summed E-state index contributed by atoms with van der Waals surface area (Å²) < 4.78 is 12.2. The second-order valence-electron chi connectivity index (χ2n) is 8.50.